The van der Waals surface area contributed by atoms with Crippen molar-refractivity contribution >= 4 is 28.3 Å². The van der Waals surface area contributed by atoms with Gasteiger partial charge in [-0.05, 0) is 31.2 Å². The maximum absolute atomic E-state index is 12.9. The van der Waals surface area contributed by atoms with E-state index in [1.165, 1.54) is 16.4 Å². The molecule has 0 bridgehead atoms. The number of nitrogens with zero attached hydrogens (tertiary/aromatic N) is 2. The third kappa shape index (κ3) is 3.95. The zero-order chi connectivity index (χ0) is 15.6. The topological polar surface area (TPSA) is 83.7 Å². The molecule has 1 aliphatic rings. The predicted molar refractivity (Wildman–Crippen MR) is 82.6 cm³/mol. The third-order valence-electron chi connectivity index (χ3n) is 3.39. The molecule has 2 N–H and O–H groups in total. The van der Waals surface area contributed by atoms with Crippen LogP contribution in [0.25, 0.3) is 0 Å². The Kier molecular flexibility index (Phi) is 6.30. The summed E-state index contributed by atoms with van der Waals surface area (Å²) in [6.07, 6.45) is 0. The molecule has 1 saturated heterocycles. The van der Waals surface area contributed by atoms with Crippen LogP contribution in [0, 0.1) is 5.82 Å². The zero-order valence-electron chi connectivity index (χ0n) is 12.1. The lowest BCUT2D eigenvalue weighted by molar-refractivity contribution is -0.133. The first kappa shape index (κ1) is 18.8. The molecular formula is C13H19ClFN3O3S. The van der Waals surface area contributed by atoms with Gasteiger partial charge in [-0.3, -0.25) is 4.79 Å². The van der Waals surface area contributed by atoms with Gasteiger partial charge in [-0.15, -0.1) is 12.4 Å². The van der Waals surface area contributed by atoms with Crippen molar-refractivity contribution in [3.8, 4) is 0 Å². The SMILES string of the molecule is CC(N)C(=O)N1CCN(S(=O)(=O)c2ccc(F)cc2)CC1.Cl. The summed E-state index contributed by atoms with van der Waals surface area (Å²) in [6, 6.07) is 4.12. The van der Waals surface area contributed by atoms with Crippen molar-refractivity contribution in [3.05, 3.63) is 30.1 Å². The number of sulfonamides is 1. The molecule has 0 radical (unpaired) electrons. The van der Waals surface area contributed by atoms with Gasteiger partial charge >= 0.3 is 0 Å². The fraction of sp³-hybridized carbons (Fsp3) is 0.462. The van der Waals surface area contributed by atoms with Crippen LogP contribution in [0.3, 0.4) is 0 Å². The van der Waals surface area contributed by atoms with Gasteiger partial charge in [0.2, 0.25) is 15.9 Å². The third-order valence-corrected chi connectivity index (χ3v) is 5.30. The van der Waals surface area contributed by atoms with E-state index in [0.29, 0.717) is 13.1 Å². The van der Waals surface area contributed by atoms with Crippen LogP contribution in [0.5, 0.6) is 0 Å². The first-order valence-corrected chi connectivity index (χ1v) is 8.06. The van der Waals surface area contributed by atoms with Crippen LogP contribution >= 0.6 is 12.4 Å². The fourth-order valence-electron chi connectivity index (χ4n) is 2.19. The lowest BCUT2D eigenvalue weighted by Crippen LogP contribution is -2.53. The van der Waals surface area contributed by atoms with Crippen LogP contribution in [0.15, 0.2) is 29.2 Å². The number of nitrogens with two attached hydrogens (primary N) is 1. The second-order valence-electron chi connectivity index (χ2n) is 4.97. The van der Waals surface area contributed by atoms with E-state index in [1.807, 2.05) is 0 Å². The minimum absolute atomic E-state index is 0. The van der Waals surface area contributed by atoms with Crippen LogP contribution in [0.2, 0.25) is 0 Å². The Labute approximate surface area is 135 Å². The summed E-state index contributed by atoms with van der Waals surface area (Å²) in [4.78, 5) is 13.4. The van der Waals surface area contributed by atoms with Gasteiger partial charge in [-0.2, -0.15) is 4.31 Å². The number of benzene rings is 1. The molecule has 9 heteroatoms. The van der Waals surface area contributed by atoms with Crippen molar-refractivity contribution in [2.24, 2.45) is 5.73 Å². The highest BCUT2D eigenvalue weighted by Gasteiger charge is 2.30. The number of amides is 1. The molecule has 1 heterocycles. The van der Waals surface area contributed by atoms with Gasteiger partial charge in [0, 0.05) is 26.2 Å². The zero-order valence-corrected chi connectivity index (χ0v) is 13.7. The first-order valence-electron chi connectivity index (χ1n) is 6.62. The lowest BCUT2D eigenvalue weighted by atomic mass is 10.2. The van der Waals surface area contributed by atoms with Crippen LogP contribution < -0.4 is 5.73 Å². The van der Waals surface area contributed by atoms with E-state index in [0.717, 1.165) is 12.1 Å². The molecule has 1 amide bonds. The molecule has 6 nitrogen and oxygen atoms in total. The lowest BCUT2D eigenvalue weighted by Gasteiger charge is -2.34. The Hall–Kier alpha value is -1.22. The number of piperazine rings is 1. The molecule has 0 aromatic heterocycles. The van der Waals surface area contributed by atoms with Gasteiger partial charge in [0.25, 0.3) is 0 Å². The van der Waals surface area contributed by atoms with Crippen LogP contribution in [0.4, 0.5) is 4.39 Å². The molecule has 1 unspecified atom stereocenters. The van der Waals surface area contributed by atoms with Crippen molar-refractivity contribution in [2.45, 2.75) is 17.9 Å². The van der Waals surface area contributed by atoms with Crippen molar-refractivity contribution in [1.82, 2.24) is 9.21 Å². The maximum Gasteiger partial charge on any atom is 0.243 e. The molecule has 0 saturated carbocycles. The standard InChI is InChI=1S/C13H18FN3O3S.ClH/c1-10(15)13(18)16-6-8-17(9-7-16)21(19,20)12-4-2-11(14)3-5-12;/h2-5,10H,6-9,15H2,1H3;1H. The van der Waals surface area contributed by atoms with Gasteiger partial charge in [0.1, 0.15) is 5.82 Å². The van der Waals surface area contributed by atoms with E-state index in [9.17, 15) is 17.6 Å². The summed E-state index contributed by atoms with van der Waals surface area (Å²) in [5, 5.41) is 0. The summed E-state index contributed by atoms with van der Waals surface area (Å²) in [6.45, 7) is 2.63. The first-order chi connectivity index (χ1) is 9.82. The number of hydrogen-bond donors (Lipinski definition) is 1. The largest absolute Gasteiger partial charge is 0.339 e. The fourth-order valence-corrected chi connectivity index (χ4v) is 3.61. The summed E-state index contributed by atoms with van der Waals surface area (Å²) in [5.41, 5.74) is 5.53. The minimum atomic E-state index is -3.65. The molecule has 124 valence electrons. The van der Waals surface area contributed by atoms with Crippen molar-refractivity contribution in [2.75, 3.05) is 26.2 Å². The molecule has 1 aliphatic heterocycles. The van der Waals surface area contributed by atoms with Gasteiger partial charge in [-0.25, -0.2) is 12.8 Å². The second-order valence-corrected chi connectivity index (χ2v) is 6.91. The molecule has 1 fully saturated rings. The Balaban J connectivity index is 0.00000242. The monoisotopic (exact) mass is 351 g/mol. The molecule has 22 heavy (non-hydrogen) atoms. The van der Waals surface area contributed by atoms with Gasteiger partial charge < -0.3 is 10.6 Å². The molecule has 1 atom stereocenters. The normalized spacial score (nSPS) is 17.7. The number of halogens is 2. The Bertz CT molecular complexity index is 614. The van der Waals surface area contributed by atoms with E-state index in [2.05, 4.69) is 0 Å². The maximum atomic E-state index is 12.9. The number of rotatable bonds is 3. The molecule has 2 rings (SSSR count). The summed E-state index contributed by atoms with van der Waals surface area (Å²) >= 11 is 0. The van der Waals surface area contributed by atoms with Crippen molar-refractivity contribution in [3.63, 3.8) is 0 Å². The second kappa shape index (κ2) is 7.36. The smallest absolute Gasteiger partial charge is 0.243 e. The van der Waals surface area contributed by atoms with E-state index >= 15 is 0 Å². The highest BCUT2D eigenvalue weighted by atomic mass is 35.5. The Morgan fingerprint density at radius 1 is 1.18 bits per heavy atom. The number of hydrogen-bond acceptors (Lipinski definition) is 4. The van der Waals surface area contributed by atoms with Crippen molar-refractivity contribution < 1.29 is 17.6 Å². The minimum Gasteiger partial charge on any atom is -0.339 e. The highest BCUT2D eigenvalue weighted by Crippen LogP contribution is 2.18. The molecule has 0 aliphatic carbocycles. The van der Waals surface area contributed by atoms with Gasteiger partial charge in [-0.1, -0.05) is 0 Å². The number of carbonyl (C=O) groups is 1. The molecule has 1 aromatic rings. The average Bonchev–Trinajstić information content (AvgIpc) is 2.47. The molecular weight excluding hydrogens is 333 g/mol. The van der Waals surface area contributed by atoms with E-state index < -0.39 is 21.9 Å². The molecule has 1 aromatic carbocycles. The van der Waals surface area contributed by atoms with Crippen LogP contribution in [-0.2, 0) is 14.8 Å². The van der Waals surface area contributed by atoms with E-state index in [-0.39, 0.29) is 36.3 Å². The summed E-state index contributed by atoms with van der Waals surface area (Å²) in [7, 11) is -3.65. The predicted octanol–water partition coefficient (Wildman–Crippen LogP) is 0.428. The summed E-state index contributed by atoms with van der Waals surface area (Å²) < 4.78 is 38.9. The summed E-state index contributed by atoms with van der Waals surface area (Å²) in [5.74, 6) is -0.671. The van der Waals surface area contributed by atoms with E-state index in [1.54, 1.807) is 11.8 Å². The average molecular weight is 352 g/mol. The van der Waals surface area contributed by atoms with Crippen LogP contribution in [-0.4, -0.2) is 55.8 Å². The number of carbonyl (C=O) groups excluding carboxylic acids is 1. The Morgan fingerprint density at radius 2 is 1.68 bits per heavy atom. The van der Waals surface area contributed by atoms with Gasteiger partial charge in [0.05, 0.1) is 10.9 Å². The quantitative estimate of drug-likeness (QED) is 0.855. The van der Waals surface area contributed by atoms with E-state index in [4.69, 9.17) is 5.73 Å². The van der Waals surface area contributed by atoms with Crippen LogP contribution in [0.1, 0.15) is 6.92 Å². The van der Waals surface area contributed by atoms with Crippen molar-refractivity contribution in [1.29, 1.82) is 0 Å². The van der Waals surface area contributed by atoms with Gasteiger partial charge in [0.15, 0.2) is 0 Å². The molecule has 0 spiro atoms. The Morgan fingerprint density at radius 3 is 2.14 bits per heavy atom. The highest BCUT2D eigenvalue weighted by molar-refractivity contribution is 7.89.